The van der Waals surface area contributed by atoms with Crippen LogP contribution in [0.2, 0.25) is 0 Å². The molecular formula is C16H13Cl. The molecule has 2 aromatic rings. The monoisotopic (exact) mass is 240 g/mol. The van der Waals surface area contributed by atoms with Crippen molar-refractivity contribution in [1.82, 2.24) is 0 Å². The number of fused-ring (bicyclic) bond motifs is 1. The Labute approximate surface area is 107 Å². The molecule has 3 rings (SSSR count). The molecule has 0 aliphatic heterocycles. The van der Waals surface area contributed by atoms with Crippen LogP contribution < -0.4 is 0 Å². The summed E-state index contributed by atoms with van der Waals surface area (Å²) in [5, 5.41) is 0.0973. The molecule has 0 amide bonds. The van der Waals surface area contributed by atoms with Crippen LogP contribution in [0.3, 0.4) is 0 Å². The molecule has 1 aliphatic carbocycles. The van der Waals surface area contributed by atoms with Gasteiger partial charge in [-0.05, 0) is 28.7 Å². The summed E-state index contributed by atoms with van der Waals surface area (Å²) in [5.41, 5.74) is 5.15. The summed E-state index contributed by atoms with van der Waals surface area (Å²) in [5.74, 6) is 0. The Hall–Kier alpha value is -1.53. The minimum atomic E-state index is 0.0973. The third-order valence-corrected chi connectivity index (χ3v) is 3.44. The molecule has 0 spiro atoms. The summed E-state index contributed by atoms with van der Waals surface area (Å²) in [6, 6.07) is 19.0. The minimum Gasteiger partial charge on any atom is -0.118 e. The van der Waals surface area contributed by atoms with Gasteiger partial charge in [-0.25, -0.2) is 0 Å². The fraction of sp³-hybridized carbons (Fsp3) is 0.125. The average Bonchev–Trinajstić information content (AvgIpc) is 2.39. The van der Waals surface area contributed by atoms with E-state index in [9.17, 15) is 0 Å². The van der Waals surface area contributed by atoms with Gasteiger partial charge in [0, 0.05) is 0 Å². The summed E-state index contributed by atoms with van der Waals surface area (Å²) in [6.07, 6.45) is 3.09. The predicted octanol–water partition coefficient (Wildman–Crippen LogP) is 4.28. The molecule has 1 aliphatic rings. The van der Waals surface area contributed by atoms with Crippen molar-refractivity contribution >= 4 is 17.2 Å². The van der Waals surface area contributed by atoms with E-state index in [1.165, 1.54) is 22.3 Å². The summed E-state index contributed by atoms with van der Waals surface area (Å²) >= 11 is 6.31. The molecule has 0 radical (unpaired) electrons. The molecule has 0 aromatic heterocycles. The Morgan fingerprint density at radius 2 is 1.59 bits per heavy atom. The lowest BCUT2D eigenvalue weighted by Gasteiger charge is -2.21. The van der Waals surface area contributed by atoms with Gasteiger partial charge >= 0.3 is 0 Å². The molecule has 0 saturated carbocycles. The van der Waals surface area contributed by atoms with E-state index in [1.807, 2.05) is 6.07 Å². The van der Waals surface area contributed by atoms with Crippen LogP contribution >= 0.6 is 11.6 Å². The summed E-state index contributed by atoms with van der Waals surface area (Å²) in [7, 11) is 0. The number of benzene rings is 2. The van der Waals surface area contributed by atoms with E-state index in [4.69, 9.17) is 11.6 Å². The molecule has 84 valence electrons. The lowest BCUT2D eigenvalue weighted by molar-refractivity contribution is 0.985. The quantitative estimate of drug-likeness (QED) is 0.653. The van der Waals surface area contributed by atoms with E-state index in [1.54, 1.807) is 0 Å². The standard InChI is InChI=1S/C16H13Cl/c17-14-10-13-8-4-5-9-15(13)16(11-14)12-6-2-1-3-7-12/h1-9,11,14H,10H2. The van der Waals surface area contributed by atoms with Gasteiger partial charge in [-0.15, -0.1) is 11.6 Å². The maximum atomic E-state index is 6.31. The van der Waals surface area contributed by atoms with E-state index >= 15 is 0 Å². The molecule has 0 saturated heterocycles. The van der Waals surface area contributed by atoms with Crippen molar-refractivity contribution in [3.8, 4) is 0 Å². The van der Waals surface area contributed by atoms with Gasteiger partial charge in [0.05, 0.1) is 5.38 Å². The van der Waals surface area contributed by atoms with Crippen LogP contribution in [0, 0.1) is 0 Å². The molecule has 0 N–H and O–H groups in total. The highest BCUT2D eigenvalue weighted by molar-refractivity contribution is 6.23. The lowest BCUT2D eigenvalue weighted by Crippen LogP contribution is -2.10. The van der Waals surface area contributed by atoms with Gasteiger partial charge in [-0.1, -0.05) is 60.7 Å². The van der Waals surface area contributed by atoms with Crippen LogP contribution in [0.5, 0.6) is 0 Å². The highest BCUT2D eigenvalue weighted by Gasteiger charge is 2.18. The molecular weight excluding hydrogens is 228 g/mol. The maximum absolute atomic E-state index is 6.31. The Kier molecular flexibility index (Phi) is 2.74. The maximum Gasteiger partial charge on any atom is 0.0565 e. The van der Waals surface area contributed by atoms with Crippen molar-refractivity contribution in [1.29, 1.82) is 0 Å². The number of hydrogen-bond acceptors (Lipinski definition) is 0. The number of rotatable bonds is 1. The zero-order valence-corrected chi connectivity index (χ0v) is 10.2. The van der Waals surface area contributed by atoms with Crippen LogP contribution in [0.25, 0.3) is 5.57 Å². The molecule has 1 unspecified atom stereocenters. The smallest absolute Gasteiger partial charge is 0.0565 e. The van der Waals surface area contributed by atoms with Gasteiger partial charge in [0.2, 0.25) is 0 Å². The molecule has 0 fully saturated rings. The van der Waals surface area contributed by atoms with Gasteiger partial charge in [0.1, 0.15) is 0 Å². The molecule has 0 heterocycles. The van der Waals surface area contributed by atoms with Crippen LogP contribution in [-0.4, -0.2) is 5.38 Å². The van der Waals surface area contributed by atoms with Crippen molar-refractivity contribution in [2.24, 2.45) is 0 Å². The Bertz CT molecular complexity index is 555. The molecule has 17 heavy (non-hydrogen) atoms. The van der Waals surface area contributed by atoms with Crippen molar-refractivity contribution in [2.75, 3.05) is 0 Å². The Morgan fingerprint density at radius 1 is 0.882 bits per heavy atom. The Balaban J connectivity index is 2.16. The average molecular weight is 241 g/mol. The first-order valence-electron chi connectivity index (χ1n) is 5.84. The van der Waals surface area contributed by atoms with E-state index in [2.05, 4.69) is 54.6 Å². The summed E-state index contributed by atoms with van der Waals surface area (Å²) in [4.78, 5) is 0. The second kappa shape index (κ2) is 4.38. The van der Waals surface area contributed by atoms with E-state index in [-0.39, 0.29) is 5.38 Å². The minimum absolute atomic E-state index is 0.0973. The highest BCUT2D eigenvalue weighted by Crippen LogP contribution is 2.32. The van der Waals surface area contributed by atoms with Crippen molar-refractivity contribution in [3.63, 3.8) is 0 Å². The van der Waals surface area contributed by atoms with E-state index in [0.717, 1.165) is 6.42 Å². The second-order valence-corrected chi connectivity index (χ2v) is 4.88. The third-order valence-electron chi connectivity index (χ3n) is 3.15. The first kappa shape index (κ1) is 10.6. The highest BCUT2D eigenvalue weighted by atomic mass is 35.5. The zero-order chi connectivity index (χ0) is 11.7. The topological polar surface area (TPSA) is 0 Å². The molecule has 1 heteroatoms. The second-order valence-electron chi connectivity index (χ2n) is 4.32. The van der Waals surface area contributed by atoms with Gasteiger partial charge in [0.25, 0.3) is 0 Å². The normalized spacial score (nSPS) is 18.4. The first-order chi connectivity index (χ1) is 8.34. The number of hydrogen-bond donors (Lipinski definition) is 0. The van der Waals surface area contributed by atoms with Gasteiger partial charge in [-0.2, -0.15) is 0 Å². The number of halogens is 1. The van der Waals surface area contributed by atoms with Crippen molar-refractivity contribution < 1.29 is 0 Å². The summed E-state index contributed by atoms with van der Waals surface area (Å²) in [6.45, 7) is 0. The Morgan fingerprint density at radius 3 is 2.41 bits per heavy atom. The van der Waals surface area contributed by atoms with Gasteiger partial charge < -0.3 is 0 Å². The summed E-state index contributed by atoms with van der Waals surface area (Å²) < 4.78 is 0. The molecule has 2 aromatic carbocycles. The SMILES string of the molecule is ClC1C=C(c2ccccc2)c2ccccc2C1. The van der Waals surface area contributed by atoms with Gasteiger partial charge in [0.15, 0.2) is 0 Å². The number of alkyl halides is 1. The van der Waals surface area contributed by atoms with Crippen molar-refractivity contribution in [2.45, 2.75) is 11.8 Å². The van der Waals surface area contributed by atoms with Crippen LogP contribution in [0.4, 0.5) is 0 Å². The van der Waals surface area contributed by atoms with E-state index < -0.39 is 0 Å². The van der Waals surface area contributed by atoms with Crippen LogP contribution in [0.1, 0.15) is 16.7 Å². The fourth-order valence-corrected chi connectivity index (χ4v) is 2.66. The third kappa shape index (κ3) is 2.01. The van der Waals surface area contributed by atoms with E-state index in [0.29, 0.717) is 0 Å². The molecule has 0 bridgehead atoms. The molecule has 0 nitrogen and oxygen atoms in total. The number of allylic oxidation sites excluding steroid dienone is 1. The molecule has 1 atom stereocenters. The first-order valence-corrected chi connectivity index (χ1v) is 6.28. The van der Waals surface area contributed by atoms with Gasteiger partial charge in [-0.3, -0.25) is 0 Å². The predicted molar refractivity (Wildman–Crippen MR) is 73.3 cm³/mol. The van der Waals surface area contributed by atoms with Crippen molar-refractivity contribution in [3.05, 3.63) is 77.4 Å². The van der Waals surface area contributed by atoms with Crippen LogP contribution in [-0.2, 0) is 6.42 Å². The zero-order valence-electron chi connectivity index (χ0n) is 9.44. The largest absolute Gasteiger partial charge is 0.118 e. The lowest BCUT2D eigenvalue weighted by atomic mass is 9.87. The van der Waals surface area contributed by atoms with Crippen LogP contribution in [0.15, 0.2) is 60.7 Å². The fourth-order valence-electron chi connectivity index (χ4n) is 2.37.